The molecule has 0 saturated carbocycles. The monoisotopic (exact) mass is 372 g/mol. The lowest BCUT2D eigenvalue weighted by atomic mass is 9.87. The van der Waals surface area contributed by atoms with Gasteiger partial charge in [0.25, 0.3) is 11.8 Å². The number of carbonyl (C=O) groups is 3. The number of hydrogen-bond acceptors (Lipinski definition) is 6. The number of imidazole rings is 1. The van der Waals surface area contributed by atoms with Crippen LogP contribution in [0.1, 0.15) is 18.9 Å². The van der Waals surface area contributed by atoms with Crippen LogP contribution in [-0.4, -0.2) is 37.3 Å². The van der Waals surface area contributed by atoms with Crippen molar-refractivity contribution in [2.24, 2.45) is 0 Å². The molecule has 11 nitrogen and oxygen atoms in total. The van der Waals surface area contributed by atoms with Crippen molar-refractivity contribution < 1.29 is 19.3 Å². The van der Waals surface area contributed by atoms with Gasteiger partial charge in [-0.2, -0.15) is 5.01 Å². The van der Waals surface area contributed by atoms with E-state index in [0.717, 1.165) is 12.5 Å². The second-order valence-electron chi connectivity index (χ2n) is 5.89. The molecule has 1 unspecified atom stereocenters. The van der Waals surface area contributed by atoms with E-state index in [2.05, 4.69) is 15.7 Å². The van der Waals surface area contributed by atoms with Gasteiger partial charge in [-0.3, -0.25) is 15.0 Å². The van der Waals surface area contributed by atoms with E-state index in [1.807, 2.05) is 0 Å². The summed E-state index contributed by atoms with van der Waals surface area (Å²) in [5.41, 5.74) is 1.58. The first kappa shape index (κ1) is 18.0. The zero-order chi connectivity index (χ0) is 19.6. The summed E-state index contributed by atoms with van der Waals surface area (Å²) in [6.07, 6.45) is 2.48. The SMILES string of the molecule is CCC1(c2ccccc2)NC(=O)N(NC(=O)Cn2cnc([N+](=O)[O-])c2)C1=O. The maximum Gasteiger partial charge on any atom is 0.381 e. The Morgan fingerprint density at radius 2 is 2.04 bits per heavy atom. The molecule has 1 saturated heterocycles. The number of imide groups is 1. The molecule has 1 aromatic carbocycles. The van der Waals surface area contributed by atoms with Crippen molar-refractivity contribution in [3.8, 4) is 0 Å². The molecule has 1 atom stereocenters. The van der Waals surface area contributed by atoms with Gasteiger partial charge in [0.05, 0.1) is 0 Å². The summed E-state index contributed by atoms with van der Waals surface area (Å²) < 4.78 is 1.18. The Bertz CT molecular complexity index is 911. The van der Waals surface area contributed by atoms with Crippen molar-refractivity contribution in [3.63, 3.8) is 0 Å². The number of nitrogens with zero attached hydrogens (tertiary/aromatic N) is 4. The van der Waals surface area contributed by atoms with Crippen LogP contribution in [0.5, 0.6) is 0 Å². The van der Waals surface area contributed by atoms with E-state index in [4.69, 9.17) is 0 Å². The lowest BCUT2D eigenvalue weighted by Crippen LogP contribution is -2.49. The molecule has 4 amide bonds. The van der Waals surface area contributed by atoms with Crippen LogP contribution >= 0.6 is 0 Å². The van der Waals surface area contributed by atoms with Gasteiger partial charge in [0.15, 0.2) is 0 Å². The van der Waals surface area contributed by atoms with E-state index in [1.165, 1.54) is 4.57 Å². The topological polar surface area (TPSA) is 139 Å². The summed E-state index contributed by atoms with van der Waals surface area (Å²) in [5.74, 6) is -1.72. The fraction of sp³-hybridized carbons (Fsp3) is 0.250. The largest absolute Gasteiger partial charge is 0.381 e. The quantitative estimate of drug-likeness (QED) is 0.434. The molecule has 2 heterocycles. The number of carbonyl (C=O) groups excluding carboxylic acids is 3. The van der Waals surface area contributed by atoms with Crippen LogP contribution < -0.4 is 10.7 Å². The molecule has 1 aromatic heterocycles. The number of amides is 4. The van der Waals surface area contributed by atoms with E-state index in [1.54, 1.807) is 37.3 Å². The van der Waals surface area contributed by atoms with Crippen LogP contribution in [-0.2, 0) is 21.7 Å². The van der Waals surface area contributed by atoms with Crippen LogP contribution in [0, 0.1) is 10.1 Å². The molecule has 140 valence electrons. The van der Waals surface area contributed by atoms with Gasteiger partial charge in [0.1, 0.15) is 18.3 Å². The highest BCUT2D eigenvalue weighted by molar-refractivity contribution is 6.08. The highest BCUT2D eigenvalue weighted by Crippen LogP contribution is 2.31. The normalized spacial score (nSPS) is 19.1. The molecule has 11 heteroatoms. The summed E-state index contributed by atoms with van der Waals surface area (Å²) in [5, 5.41) is 13.9. The van der Waals surface area contributed by atoms with Gasteiger partial charge in [0.2, 0.25) is 6.33 Å². The van der Waals surface area contributed by atoms with E-state index >= 15 is 0 Å². The number of hydrogen-bond donors (Lipinski definition) is 2. The molecule has 27 heavy (non-hydrogen) atoms. The van der Waals surface area contributed by atoms with Crippen LogP contribution in [0.2, 0.25) is 0 Å². The van der Waals surface area contributed by atoms with Gasteiger partial charge < -0.3 is 20.0 Å². The fourth-order valence-corrected chi connectivity index (χ4v) is 2.89. The Morgan fingerprint density at radius 3 is 2.63 bits per heavy atom. The first-order valence-corrected chi connectivity index (χ1v) is 8.05. The van der Waals surface area contributed by atoms with Crippen molar-refractivity contribution >= 4 is 23.7 Å². The Labute approximate surface area is 153 Å². The number of benzene rings is 1. The minimum Gasteiger partial charge on any atom is -0.358 e. The van der Waals surface area contributed by atoms with Gasteiger partial charge >= 0.3 is 11.8 Å². The third-order valence-electron chi connectivity index (χ3n) is 4.26. The smallest absolute Gasteiger partial charge is 0.358 e. The maximum absolute atomic E-state index is 12.9. The molecule has 1 aliphatic rings. The number of nitro groups is 1. The standard InChI is InChI=1S/C16H16N6O5/c1-2-16(11-6-4-3-5-7-11)14(24)21(15(25)18-16)19-13(23)9-20-8-12(17-10-20)22(26)27/h3-8,10H,2,9H2,1H3,(H,18,25)(H,19,23). The highest BCUT2D eigenvalue weighted by Gasteiger charge is 2.52. The molecule has 1 fully saturated rings. The van der Waals surface area contributed by atoms with Crippen LogP contribution in [0.3, 0.4) is 0 Å². The first-order valence-electron chi connectivity index (χ1n) is 8.05. The van der Waals surface area contributed by atoms with E-state index < -0.39 is 34.1 Å². The number of nitrogens with one attached hydrogen (secondary N) is 2. The molecule has 2 aromatic rings. The molecule has 0 aliphatic carbocycles. The number of rotatable bonds is 6. The van der Waals surface area contributed by atoms with Crippen molar-refractivity contribution in [1.29, 1.82) is 0 Å². The minimum atomic E-state index is -1.26. The van der Waals surface area contributed by atoms with Gasteiger partial charge in [-0.25, -0.2) is 4.79 Å². The van der Waals surface area contributed by atoms with Gasteiger partial charge in [-0.15, -0.1) is 0 Å². The summed E-state index contributed by atoms with van der Waals surface area (Å²) >= 11 is 0. The van der Waals surface area contributed by atoms with Crippen molar-refractivity contribution in [1.82, 2.24) is 25.3 Å². The first-order chi connectivity index (χ1) is 12.9. The predicted molar refractivity (Wildman–Crippen MR) is 90.8 cm³/mol. The Hall–Kier alpha value is -3.76. The van der Waals surface area contributed by atoms with Gasteiger partial charge in [-0.1, -0.05) is 37.3 Å². The summed E-state index contributed by atoms with van der Waals surface area (Å²) in [7, 11) is 0. The molecule has 2 N–H and O–H groups in total. The van der Waals surface area contributed by atoms with Crippen LogP contribution in [0.4, 0.5) is 10.6 Å². The Morgan fingerprint density at radius 1 is 1.33 bits per heavy atom. The zero-order valence-electron chi connectivity index (χ0n) is 14.3. The van der Waals surface area contributed by atoms with Gasteiger partial charge in [-0.05, 0) is 21.9 Å². The second-order valence-corrected chi connectivity index (χ2v) is 5.89. The predicted octanol–water partition coefficient (Wildman–Crippen LogP) is 0.680. The van der Waals surface area contributed by atoms with Gasteiger partial charge in [0, 0.05) is 0 Å². The molecular formula is C16H16N6O5. The van der Waals surface area contributed by atoms with Crippen molar-refractivity contribution in [2.75, 3.05) is 0 Å². The minimum absolute atomic E-state index is 0.293. The zero-order valence-corrected chi connectivity index (χ0v) is 14.3. The number of urea groups is 1. The summed E-state index contributed by atoms with van der Waals surface area (Å²) in [4.78, 5) is 50.8. The second kappa shape index (κ2) is 6.86. The molecule has 3 rings (SSSR count). The lowest BCUT2D eigenvalue weighted by Gasteiger charge is -2.25. The maximum atomic E-state index is 12.9. The lowest BCUT2D eigenvalue weighted by molar-refractivity contribution is -0.389. The van der Waals surface area contributed by atoms with E-state index in [9.17, 15) is 24.5 Å². The van der Waals surface area contributed by atoms with Crippen molar-refractivity contribution in [3.05, 3.63) is 58.5 Å². The van der Waals surface area contributed by atoms with E-state index in [0.29, 0.717) is 17.0 Å². The van der Waals surface area contributed by atoms with E-state index in [-0.39, 0.29) is 6.54 Å². The molecule has 1 aliphatic heterocycles. The number of aromatic nitrogens is 2. The fourth-order valence-electron chi connectivity index (χ4n) is 2.89. The average molecular weight is 372 g/mol. The highest BCUT2D eigenvalue weighted by atomic mass is 16.6. The Kier molecular flexibility index (Phi) is 4.59. The Balaban J connectivity index is 1.75. The summed E-state index contributed by atoms with van der Waals surface area (Å²) in [6, 6.07) is 7.97. The molecule has 0 bridgehead atoms. The van der Waals surface area contributed by atoms with Crippen molar-refractivity contribution in [2.45, 2.75) is 25.4 Å². The third-order valence-corrected chi connectivity index (χ3v) is 4.26. The summed E-state index contributed by atoms with van der Waals surface area (Å²) in [6.45, 7) is 1.41. The molecular weight excluding hydrogens is 356 g/mol. The third kappa shape index (κ3) is 3.21. The number of hydrazine groups is 1. The van der Waals surface area contributed by atoms with Crippen LogP contribution in [0.25, 0.3) is 0 Å². The molecule has 0 spiro atoms. The van der Waals surface area contributed by atoms with Crippen LogP contribution in [0.15, 0.2) is 42.9 Å². The molecule has 0 radical (unpaired) electrons. The average Bonchev–Trinajstić information content (AvgIpc) is 3.21.